The van der Waals surface area contributed by atoms with E-state index in [-0.39, 0.29) is 11.7 Å². The summed E-state index contributed by atoms with van der Waals surface area (Å²) in [5, 5.41) is 13.5. The summed E-state index contributed by atoms with van der Waals surface area (Å²) in [5.74, 6) is 0.223. The number of para-hydroxylation sites is 1. The fraction of sp³-hybridized carbons (Fsp3) is 0.333. The number of amides is 1. The van der Waals surface area contributed by atoms with Gasteiger partial charge in [0.1, 0.15) is 11.2 Å². The van der Waals surface area contributed by atoms with E-state index < -0.39 is 0 Å². The minimum absolute atomic E-state index is 0.0426. The number of nitrogens with one attached hydrogen (secondary N) is 1. The highest BCUT2D eigenvalue weighted by molar-refractivity contribution is 7.99. The Balaban J connectivity index is 1.55. The Kier molecular flexibility index (Phi) is 5.56. The third-order valence-corrected chi connectivity index (χ3v) is 7.20. The van der Waals surface area contributed by atoms with Crippen LogP contribution in [-0.2, 0) is 17.6 Å². The van der Waals surface area contributed by atoms with Crippen molar-refractivity contribution in [1.29, 1.82) is 0 Å². The molecule has 0 aliphatic heterocycles. The van der Waals surface area contributed by atoms with Gasteiger partial charge in [-0.25, -0.2) is 4.98 Å². The van der Waals surface area contributed by atoms with Gasteiger partial charge in [0, 0.05) is 10.6 Å². The van der Waals surface area contributed by atoms with Gasteiger partial charge in [-0.1, -0.05) is 43.8 Å². The van der Waals surface area contributed by atoms with Gasteiger partial charge in [-0.3, -0.25) is 9.20 Å². The van der Waals surface area contributed by atoms with Gasteiger partial charge >= 0.3 is 0 Å². The number of anilines is 1. The van der Waals surface area contributed by atoms with Crippen LogP contribution >= 0.6 is 23.1 Å². The molecule has 1 amide bonds. The molecule has 0 aliphatic carbocycles. The van der Waals surface area contributed by atoms with E-state index in [0.29, 0.717) is 5.16 Å². The third kappa shape index (κ3) is 3.62. The number of benzene rings is 1. The SMILES string of the molecule is CCc1cccc(CC)c1NC(=O)CSc1nnc2c3c(C)c(C)sc3ncn12. The molecular weight excluding hydrogens is 402 g/mol. The van der Waals surface area contributed by atoms with Gasteiger partial charge in [-0.05, 0) is 43.4 Å². The number of thiophene rings is 1. The third-order valence-electron chi connectivity index (χ3n) is 5.14. The van der Waals surface area contributed by atoms with Crippen LogP contribution in [0.3, 0.4) is 0 Å². The molecule has 1 N–H and O–H groups in total. The Morgan fingerprint density at radius 3 is 2.59 bits per heavy atom. The zero-order chi connectivity index (χ0) is 20.5. The molecule has 150 valence electrons. The molecule has 3 aromatic heterocycles. The van der Waals surface area contributed by atoms with Crippen molar-refractivity contribution in [2.75, 3.05) is 11.1 Å². The van der Waals surface area contributed by atoms with Crippen LogP contribution in [-0.4, -0.2) is 31.2 Å². The first-order chi connectivity index (χ1) is 14.0. The van der Waals surface area contributed by atoms with E-state index in [0.717, 1.165) is 45.5 Å². The second-order valence-corrected chi connectivity index (χ2v) is 9.03. The second kappa shape index (κ2) is 8.12. The smallest absolute Gasteiger partial charge is 0.234 e. The van der Waals surface area contributed by atoms with E-state index >= 15 is 0 Å². The zero-order valence-corrected chi connectivity index (χ0v) is 18.6. The van der Waals surface area contributed by atoms with Gasteiger partial charge in [0.2, 0.25) is 5.91 Å². The molecule has 0 saturated heterocycles. The van der Waals surface area contributed by atoms with Crippen LogP contribution in [0.4, 0.5) is 5.69 Å². The highest BCUT2D eigenvalue weighted by Crippen LogP contribution is 2.32. The standard InChI is InChI=1S/C21H23N5OS2/c1-5-14-8-7-9-15(6-2)18(14)23-16(27)10-28-21-25-24-19-17-12(3)13(4)29-20(17)22-11-26(19)21/h7-9,11H,5-6,10H2,1-4H3,(H,23,27). The Morgan fingerprint density at radius 1 is 1.17 bits per heavy atom. The maximum Gasteiger partial charge on any atom is 0.234 e. The molecule has 8 heteroatoms. The molecule has 0 bridgehead atoms. The zero-order valence-electron chi connectivity index (χ0n) is 16.9. The fourth-order valence-corrected chi connectivity index (χ4v) is 5.13. The van der Waals surface area contributed by atoms with Crippen molar-refractivity contribution in [3.8, 4) is 0 Å². The van der Waals surface area contributed by atoms with Crippen molar-refractivity contribution in [3.63, 3.8) is 0 Å². The summed E-state index contributed by atoms with van der Waals surface area (Å²) >= 11 is 3.04. The lowest BCUT2D eigenvalue weighted by atomic mass is 10.0. The molecule has 0 unspecified atom stereocenters. The van der Waals surface area contributed by atoms with Crippen LogP contribution in [0.1, 0.15) is 35.4 Å². The van der Waals surface area contributed by atoms with Crippen molar-refractivity contribution in [2.45, 2.75) is 45.7 Å². The van der Waals surface area contributed by atoms with Gasteiger partial charge in [0.25, 0.3) is 0 Å². The number of nitrogens with zero attached hydrogens (tertiary/aromatic N) is 4. The molecule has 4 aromatic rings. The molecule has 0 aliphatic rings. The van der Waals surface area contributed by atoms with Crippen molar-refractivity contribution in [2.24, 2.45) is 0 Å². The number of hydrogen-bond acceptors (Lipinski definition) is 6. The molecule has 3 heterocycles. The number of carbonyl (C=O) groups is 1. The first kappa shape index (κ1) is 19.8. The molecule has 0 atom stereocenters. The lowest BCUT2D eigenvalue weighted by Gasteiger charge is -2.14. The quantitative estimate of drug-likeness (QED) is 0.449. The maximum atomic E-state index is 12.6. The monoisotopic (exact) mass is 425 g/mol. The number of fused-ring (bicyclic) bond motifs is 3. The molecule has 0 spiro atoms. The summed E-state index contributed by atoms with van der Waals surface area (Å²) in [7, 11) is 0. The maximum absolute atomic E-state index is 12.6. The van der Waals surface area contributed by atoms with E-state index in [2.05, 4.69) is 60.3 Å². The normalized spacial score (nSPS) is 11.4. The fourth-order valence-electron chi connectivity index (χ4n) is 3.43. The highest BCUT2D eigenvalue weighted by Gasteiger charge is 2.17. The molecule has 0 radical (unpaired) electrons. The Morgan fingerprint density at radius 2 is 1.90 bits per heavy atom. The average Bonchev–Trinajstić information content (AvgIpc) is 3.26. The van der Waals surface area contributed by atoms with Crippen LogP contribution in [0.25, 0.3) is 15.9 Å². The van der Waals surface area contributed by atoms with Gasteiger partial charge < -0.3 is 5.32 Å². The number of aryl methyl sites for hydroxylation is 4. The van der Waals surface area contributed by atoms with Gasteiger partial charge in [0.05, 0.1) is 11.1 Å². The van der Waals surface area contributed by atoms with Crippen molar-refractivity contribution >= 4 is 50.6 Å². The first-order valence-corrected chi connectivity index (χ1v) is 11.5. The number of thioether (sulfide) groups is 1. The number of hydrogen-bond donors (Lipinski definition) is 1. The minimum atomic E-state index is -0.0426. The molecule has 1 aromatic carbocycles. The first-order valence-electron chi connectivity index (χ1n) is 9.66. The largest absolute Gasteiger partial charge is 0.325 e. The average molecular weight is 426 g/mol. The van der Waals surface area contributed by atoms with E-state index in [9.17, 15) is 4.79 Å². The highest BCUT2D eigenvalue weighted by atomic mass is 32.2. The molecule has 6 nitrogen and oxygen atoms in total. The van der Waals surface area contributed by atoms with Gasteiger partial charge in [-0.2, -0.15) is 0 Å². The van der Waals surface area contributed by atoms with Crippen molar-refractivity contribution in [3.05, 3.63) is 46.1 Å². The number of aromatic nitrogens is 4. The predicted molar refractivity (Wildman–Crippen MR) is 120 cm³/mol. The number of rotatable bonds is 6. The van der Waals surface area contributed by atoms with E-state index in [4.69, 9.17) is 0 Å². The van der Waals surface area contributed by atoms with Crippen molar-refractivity contribution < 1.29 is 4.79 Å². The molecule has 0 saturated carbocycles. The summed E-state index contributed by atoms with van der Waals surface area (Å²) in [6.45, 7) is 8.38. The number of carbonyl (C=O) groups excluding carboxylic acids is 1. The van der Waals surface area contributed by atoms with Crippen LogP contribution < -0.4 is 5.32 Å². The lowest BCUT2D eigenvalue weighted by Crippen LogP contribution is -2.17. The van der Waals surface area contributed by atoms with Crippen LogP contribution in [0.5, 0.6) is 0 Å². The van der Waals surface area contributed by atoms with Crippen LogP contribution in [0, 0.1) is 13.8 Å². The van der Waals surface area contributed by atoms with E-state index in [1.54, 1.807) is 17.7 Å². The summed E-state index contributed by atoms with van der Waals surface area (Å²) < 4.78 is 1.87. The molecule has 0 fully saturated rings. The van der Waals surface area contributed by atoms with Crippen LogP contribution in [0.2, 0.25) is 0 Å². The molecular formula is C21H23N5OS2. The lowest BCUT2D eigenvalue weighted by molar-refractivity contribution is -0.113. The Hall–Kier alpha value is -2.45. The molecule has 29 heavy (non-hydrogen) atoms. The topological polar surface area (TPSA) is 72.2 Å². The summed E-state index contributed by atoms with van der Waals surface area (Å²) in [6, 6.07) is 6.18. The van der Waals surface area contributed by atoms with Crippen LogP contribution in [0.15, 0.2) is 29.7 Å². The van der Waals surface area contributed by atoms with Gasteiger partial charge in [-0.15, -0.1) is 21.5 Å². The van der Waals surface area contributed by atoms with Crippen molar-refractivity contribution in [1.82, 2.24) is 19.6 Å². The summed E-state index contributed by atoms with van der Waals surface area (Å²) in [6.07, 6.45) is 3.51. The second-order valence-electron chi connectivity index (χ2n) is 6.88. The summed E-state index contributed by atoms with van der Waals surface area (Å²) in [4.78, 5) is 19.4. The Labute approximate surface area is 177 Å². The predicted octanol–water partition coefficient (Wildman–Crippen LogP) is 4.81. The molecule has 4 rings (SSSR count). The van der Waals surface area contributed by atoms with Gasteiger partial charge in [0.15, 0.2) is 10.8 Å². The van der Waals surface area contributed by atoms with E-state index in [1.165, 1.54) is 22.2 Å². The Bertz CT molecular complexity index is 1190. The van der Waals surface area contributed by atoms with E-state index in [1.807, 2.05) is 10.5 Å². The summed E-state index contributed by atoms with van der Waals surface area (Å²) in [5.41, 5.74) is 5.25. The minimum Gasteiger partial charge on any atom is -0.325 e.